The average Bonchev–Trinajstić information content (AvgIpc) is 3.76. The van der Waals surface area contributed by atoms with Crippen LogP contribution in [0.5, 0.6) is 0 Å². The molecule has 4 saturated carbocycles. The van der Waals surface area contributed by atoms with E-state index >= 15 is 0 Å². The molecule has 4 bridgehead atoms. The zero-order valence-electron chi connectivity index (χ0n) is 32.6. The van der Waals surface area contributed by atoms with Gasteiger partial charge in [-0.05, 0) is 104 Å². The Morgan fingerprint density at radius 2 is 1.05 bits per heavy atom. The fraction of sp³-hybridized carbons (Fsp3) is 0.900. The van der Waals surface area contributed by atoms with Crippen molar-refractivity contribution >= 4 is 10.1 Å². The number of hydrogen-bond acceptors (Lipinski definition) is 2. The van der Waals surface area contributed by atoms with Gasteiger partial charge in [-0.3, -0.25) is 4.55 Å². The summed E-state index contributed by atoms with van der Waals surface area (Å²) in [6.45, 7) is 35.0. The summed E-state index contributed by atoms with van der Waals surface area (Å²) in [5.41, 5.74) is 2.73. The molecule has 0 radical (unpaired) electrons. The second-order valence-electron chi connectivity index (χ2n) is 15.1. The Bertz CT molecular complexity index is 878. The van der Waals surface area contributed by atoms with Crippen LogP contribution in [-0.4, -0.2) is 13.0 Å². The van der Waals surface area contributed by atoms with Gasteiger partial charge in [-0.1, -0.05) is 147 Å². The molecule has 4 aliphatic rings. The first kappa shape index (κ1) is 45.5. The van der Waals surface area contributed by atoms with E-state index in [0.29, 0.717) is 23.7 Å². The van der Waals surface area contributed by atoms with E-state index in [4.69, 9.17) is 4.55 Å². The van der Waals surface area contributed by atoms with Crippen LogP contribution in [0.1, 0.15) is 175 Å². The molecule has 264 valence electrons. The zero-order chi connectivity index (χ0) is 34.8. The van der Waals surface area contributed by atoms with Crippen LogP contribution < -0.4 is 0 Å². The highest BCUT2D eigenvalue weighted by atomic mass is 32.2. The lowest BCUT2D eigenvalue weighted by molar-refractivity contribution is 0.304. The molecule has 4 fully saturated rings. The summed E-state index contributed by atoms with van der Waals surface area (Å²) in [4.78, 5) is 0.203. The van der Waals surface area contributed by atoms with Crippen molar-refractivity contribution in [2.24, 2.45) is 59.2 Å². The van der Waals surface area contributed by atoms with Gasteiger partial charge in [0.15, 0.2) is 0 Å². The third-order valence-electron chi connectivity index (χ3n) is 11.3. The van der Waals surface area contributed by atoms with Crippen LogP contribution in [0.4, 0.5) is 0 Å². The molecule has 8 atom stereocenters. The van der Waals surface area contributed by atoms with Crippen LogP contribution in [0.3, 0.4) is 0 Å². The van der Waals surface area contributed by atoms with E-state index in [2.05, 4.69) is 110 Å². The maximum Gasteiger partial charge on any atom is 0.290 e. The van der Waals surface area contributed by atoms with Crippen LogP contribution in [-0.2, 0) is 10.1 Å². The van der Waals surface area contributed by atoms with Crippen molar-refractivity contribution in [3.63, 3.8) is 0 Å². The zero-order valence-corrected chi connectivity index (χ0v) is 33.4. The standard InChI is InChI=1S/C11H18O3S.C11H18.2C5H12.2C4H10/c1-6-7(2)10-4-9(6)5-11(10)8(3)15(12,13)14;1-4-9-5-10-6-11(9)8(3)7(10)2;2*1-4-5(2)3;2*1-3-4-2/h6-7,9-10H,4-5H2,1-3H3,(H,12,13,14);4,7-8,10-11H,5-6H2,1-3H3;2*5H,4H2,1-3H3;2*3-4H2,1-2H3/b11-8-;9-4+;;;;. The number of allylic oxidation sites excluding steroid dienone is 4. The molecule has 0 heterocycles. The van der Waals surface area contributed by atoms with E-state index in [9.17, 15) is 8.42 Å². The molecular weight excluding hydrogens is 561 g/mol. The van der Waals surface area contributed by atoms with Gasteiger partial charge in [0.25, 0.3) is 10.1 Å². The summed E-state index contributed by atoms with van der Waals surface area (Å²) in [5, 5.41) is 0. The largest absolute Gasteiger partial charge is 0.290 e. The minimum atomic E-state index is -3.97. The minimum absolute atomic E-state index is 0.203. The summed E-state index contributed by atoms with van der Waals surface area (Å²) in [7, 11) is -3.97. The number of fused-ring (bicyclic) bond motifs is 4. The van der Waals surface area contributed by atoms with Gasteiger partial charge in [0.2, 0.25) is 0 Å². The first-order valence-corrected chi connectivity index (χ1v) is 20.2. The number of rotatable bonds is 5. The van der Waals surface area contributed by atoms with Crippen molar-refractivity contribution in [3.8, 4) is 0 Å². The van der Waals surface area contributed by atoms with E-state index in [0.717, 1.165) is 53.9 Å². The molecule has 0 aromatic heterocycles. The van der Waals surface area contributed by atoms with Crippen molar-refractivity contribution in [1.82, 2.24) is 0 Å². The Labute approximate surface area is 278 Å². The number of hydrogen-bond donors (Lipinski definition) is 1. The molecule has 0 aromatic carbocycles. The predicted molar refractivity (Wildman–Crippen MR) is 199 cm³/mol. The van der Waals surface area contributed by atoms with Crippen molar-refractivity contribution in [2.45, 2.75) is 175 Å². The molecule has 0 aliphatic heterocycles. The molecular formula is C40H80O3S. The molecule has 4 heteroatoms. The fourth-order valence-corrected chi connectivity index (χ4v) is 6.95. The van der Waals surface area contributed by atoms with Gasteiger partial charge in [-0.15, -0.1) is 0 Å². The summed E-state index contributed by atoms with van der Waals surface area (Å²) in [5.74, 6) is 7.95. The molecule has 0 aromatic rings. The molecule has 0 spiro atoms. The topological polar surface area (TPSA) is 54.4 Å². The van der Waals surface area contributed by atoms with E-state index in [1.165, 1.54) is 58.3 Å². The second-order valence-corrected chi connectivity index (χ2v) is 16.6. The van der Waals surface area contributed by atoms with Crippen molar-refractivity contribution in [3.05, 3.63) is 22.1 Å². The van der Waals surface area contributed by atoms with Gasteiger partial charge in [0.05, 0.1) is 4.91 Å². The molecule has 44 heavy (non-hydrogen) atoms. The summed E-state index contributed by atoms with van der Waals surface area (Å²) in [6.07, 6.45) is 15.1. The van der Waals surface area contributed by atoms with E-state index in [1.54, 1.807) is 5.57 Å². The molecule has 0 saturated heterocycles. The fourth-order valence-electron chi connectivity index (χ4n) is 6.38. The lowest BCUT2D eigenvalue weighted by atomic mass is 9.79. The van der Waals surface area contributed by atoms with Crippen molar-refractivity contribution in [2.75, 3.05) is 0 Å². The molecule has 1 N–H and O–H groups in total. The van der Waals surface area contributed by atoms with Crippen molar-refractivity contribution in [1.29, 1.82) is 0 Å². The molecule has 0 amide bonds. The highest BCUT2D eigenvalue weighted by Crippen LogP contribution is 2.56. The smallest absolute Gasteiger partial charge is 0.282 e. The maximum atomic E-state index is 11.1. The Morgan fingerprint density at radius 3 is 1.27 bits per heavy atom. The van der Waals surface area contributed by atoms with Crippen LogP contribution in [0, 0.1) is 59.2 Å². The first-order chi connectivity index (χ1) is 20.4. The minimum Gasteiger partial charge on any atom is -0.282 e. The Morgan fingerprint density at radius 1 is 0.705 bits per heavy atom. The summed E-state index contributed by atoms with van der Waals surface area (Å²) >= 11 is 0. The highest BCUT2D eigenvalue weighted by Gasteiger charge is 2.47. The highest BCUT2D eigenvalue weighted by molar-refractivity contribution is 7.89. The quantitative estimate of drug-likeness (QED) is 0.240. The van der Waals surface area contributed by atoms with Gasteiger partial charge >= 0.3 is 0 Å². The molecule has 3 nitrogen and oxygen atoms in total. The lowest BCUT2D eigenvalue weighted by Gasteiger charge is -2.27. The third kappa shape index (κ3) is 15.8. The van der Waals surface area contributed by atoms with Crippen molar-refractivity contribution < 1.29 is 13.0 Å². The monoisotopic (exact) mass is 641 g/mol. The van der Waals surface area contributed by atoms with Gasteiger partial charge in [-0.2, -0.15) is 8.42 Å². The summed E-state index contributed by atoms with van der Waals surface area (Å²) < 4.78 is 31.2. The Hall–Kier alpha value is -0.610. The van der Waals surface area contributed by atoms with E-state index in [1.807, 2.05) is 0 Å². The molecule has 8 unspecified atom stereocenters. The van der Waals surface area contributed by atoms with Gasteiger partial charge in [0, 0.05) is 0 Å². The summed E-state index contributed by atoms with van der Waals surface area (Å²) in [6, 6.07) is 0. The van der Waals surface area contributed by atoms with Crippen LogP contribution in [0.25, 0.3) is 0 Å². The lowest BCUT2D eigenvalue weighted by Crippen LogP contribution is -2.20. The van der Waals surface area contributed by atoms with Gasteiger partial charge < -0.3 is 0 Å². The Balaban J connectivity index is 0. The van der Waals surface area contributed by atoms with Gasteiger partial charge in [0.1, 0.15) is 0 Å². The third-order valence-corrected chi connectivity index (χ3v) is 12.3. The Kier molecular flexibility index (Phi) is 24.5. The maximum absolute atomic E-state index is 11.1. The van der Waals surface area contributed by atoms with E-state index in [-0.39, 0.29) is 4.91 Å². The normalized spacial score (nSPS) is 31.5. The molecule has 4 aliphatic carbocycles. The SMILES string of the molecule is C/C(=C1\CC2CC1C(C)C2C)S(=O)(=O)O.C/C=C1\CC2CC1C(C)C2C.CCC(C)C.CCC(C)C.CCCC.CCCC. The second kappa shape index (κ2) is 23.7. The molecule has 4 rings (SSSR count). The van der Waals surface area contributed by atoms with E-state index < -0.39 is 10.1 Å². The van der Waals surface area contributed by atoms with Crippen LogP contribution >= 0.6 is 0 Å². The van der Waals surface area contributed by atoms with Crippen LogP contribution in [0.15, 0.2) is 22.1 Å². The average molecular weight is 641 g/mol. The van der Waals surface area contributed by atoms with Crippen LogP contribution in [0.2, 0.25) is 0 Å². The first-order valence-electron chi connectivity index (χ1n) is 18.7. The predicted octanol–water partition coefficient (Wildman–Crippen LogP) is 13.4. The number of unbranched alkanes of at least 4 members (excludes halogenated alkanes) is 2. The van der Waals surface area contributed by atoms with Gasteiger partial charge in [-0.25, -0.2) is 0 Å².